The maximum absolute atomic E-state index is 12.4. The van der Waals surface area contributed by atoms with E-state index in [1.54, 1.807) is 20.8 Å². The van der Waals surface area contributed by atoms with E-state index >= 15 is 0 Å². The number of phosphoric ester groups is 1. The Balaban J connectivity index is 2.31. The SMILES string of the molecule is CCOC(=O)C(=O)SCCNC(=O)CCNC(=O)[C@@H]1OP(=O)(OC)OCC1(C)C. The Morgan fingerprint density at radius 1 is 1.21 bits per heavy atom. The topological polar surface area (TPSA) is 146 Å². The van der Waals surface area contributed by atoms with Crippen molar-refractivity contribution in [2.75, 3.05) is 39.2 Å². The van der Waals surface area contributed by atoms with Crippen molar-refractivity contribution in [3.05, 3.63) is 0 Å². The molecule has 0 aromatic rings. The number of esters is 1. The summed E-state index contributed by atoms with van der Waals surface area (Å²) in [6.45, 7) is 5.38. The number of rotatable bonds is 9. The first kappa shape index (κ1) is 25.6. The van der Waals surface area contributed by atoms with Crippen molar-refractivity contribution < 1.29 is 42.1 Å². The molecule has 1 aliphatic rings. The van der Waals surface area contributed by atoms with Gasteiger partial charge in [-0.05, 0) is 6.92 Å². The predicted octanol–water partition coefficient (Wildman–Crippen LogP) is 0.628. The summed E-state index contributed by atoms with van der Waals surface area (Å²) in [5.41, 5.74) is -0.735. The minimum atomic E-state index is -3.78. The van der Waals surface area contributed by atoms with Crippen molar-refractivity contribution in [1.82, 2.24) is 10.6 Å². The Kier molecular flexibility index (Phi) is 10.3. The van der Waals surface area contributed by atoms with Crippen LogP contribution in [0.15, 0.2) is 0 Å². The molecule has 0 spiro atoms. The molecule has 1 unspecified atom stereocenters. The molecule has 29 heavy (non-hydrogen) atoms. The van der Waals surface area contributed by atoms with E-state index in [0.717, 1.165) is 18.9 Å². The van der Waals surface area contributed by atoms with Crippen LogP contribution >= 0.6 is 19.6 Å². The highest BCUT2D eigenvalue weighted by Gasteiger charge is 2.48. The quantitative estimate of drug-likeness (QED) is 0.220. The molecule has 2 amide bonds. The van der Waals surface area contributed by atoms with E-state index < -0.39 is 36.3 Å². The van der Waals surface area contributed by atoms with Crippen LogP contribution in [0.5, 0.6) is 0 Å². The highest BCUT2D eigenvalue weighted by atomic mass is 32.2. The molecule has 1 fully saturated rings. The zero-order chi connectivity index (χ0) is 22.1. The number of hydrogen-bond donors (Lipinski definition) is 2. The summed E-state index contributed by atoms with van der Waals surface area (Å²) in [6, 6.07) is 0. The highest BCUT2D eigenvalue weighted by Crippen LogP contribution is 2.56. The van der Waals surface area contributed by atoms with Crippen LogP contribution in [0.25, 0.3) is 0 Å². The van der Waals surface area contributed by atoms with Crippen LogP contribution in [0, 0.1) is 5.41 Å². The van der Waals surface area contributed by atoms with E-state index in [-0.39, 0.29) is 44.4 Å². The molecule has 2 N–H and O–H groups in total. The van der Waals surface area contributed by atoms with E-state index in [2.05, 4.69) is 15.4 Å². The van der Waals surface area contributed by atoms with Gasteiger partial charge in [0.2, 0.25) is 11.8 Å². The Bertz CT molecular complexity index is 671. The number of phosphoric acid groups is 1. The van der Waals surface area contributed by atoms with Gasteiger partial charge in [-0.3, -0.25) is 28.0 Å². The van der Waals surface area contributed by atoms with Crippen LogP contribution in [0.1, 0.15) is 27.2 Å². The molecule has 1 aliphatic heterocycles. The molecule has 11 nitrogen and oxygen atoms in total. The van der Waals surface area contributed by atoms with Gasteiger partial charge in [0.25, 0.3) is 5.12 Å². The summed E-state index contributed by atoms with van der Waals surface area (Å²) < 4.78 is 31.7. The second kappa shape index (κ2) is 11.7. The molecular formula is C16H27N2O9PS. The molecule has 166 valence electrons. The lowest BCUT2D eigenvalue weighted by atomic mass is 9.87. The summed E-state index contributed by atoms with van der Waals surface area (Å²) in [5, 5.41) is 4.41. The van der Waals surface area contributed by atoms with Crippen LogP contribution in [-0.2, 0) is 42.1 Å². The summed E-state index contributed by atoms with van der Waals surface area (Å²) in [4.78, 5) is 46.7. The van der Waals surface area contributed by atoms with Gasteiger partial charge in [0.1, 0.15) is 0 Å². The van der Waals surface area contributed by atoms with Crippen LogP contribution < -0.4 is 10.6 Å². The van der Waals surface area contributed by atoms with E-state index in [1.165, 1.54) is 0 Å². The number of nitrogens with one attached hydrogen (secondary N) is 2. The lowest BCUT2D eigenvalue weighted by molar-refractivity contribution is -0.149. The molecule has 0 aromatic carbocycles. The maximum atomic E-state index is 12.4. The van der Waals surface area contributed by atoms with Gasteiger partial charge in [0.05, 0.1) is 13.2 Å². The molecule has 0 radical (unpaired) electrons. The molecule has 0 saturated carbocycles. The highest BCUT2D eigenvalue weighted by molar-refractivity contribution is 8.15. The molecular weight excluding hydrogens is 427 g/mol. The van der Waals surface area contributed by atoms with Gasteiger partial charge < -0.3 is 15.4 Å². The summed E-state index contributed by atoms with van der Waals surface area (Å²) in [6.07, 6.45) is -1.07. The van der Waals surface area contributed by atoms with Gasteiger partial charge in [0, 0.05) is 37.8 Å². The number of carbonyl (C=O) groups excluding carboxylic acids is 4. The molecule has 1 heterocycles. The Labute approximate surface area is 173 Å². The lowest BCUT2D eigenvalue weighted by Gasteiger charge is -2.39. The van der Waals surface area contributed by atoms with Crippen molar-refractivity contribution in [2.45, 2.75) is 33.3 Å². The number of thioether (sulfide) groups is 1. The van der Waals surface area contributed by atoms with Gasteiger partial charge in [-0.2, -0.15) is 0 Å². The van der Waals surface area contributed by atoms with E-state index in [4.69, 9.17) is 13.6 Å². The molecule has 2 atom stereocenters. The first-order valence-electron chi connectivity index (χ1n) is 8.91. The molecule has 0 aromatic heterocycles. The number of amides is 2. The van der Waals surface area contributed by atoms with Gasteiger partial charge in [-0.1, -0.05) is 25.6 Å². The van der Waals surface area contributed by atoms with Crippen molar-refractivity contribution in [1.29, 1.82) is 0 Å². The fourth-order valence-corrected chi connectivity index (χ4v) is 4.13. The zero-order valence-electron chi connectivity index (χ0n) is 16.8. The summed E-state index contributed by atoms with van der Waals surface area (Å²) in [5.74, 6) is -1.57. The van der Waals surface area contributed by atoms with E-state index in [9.17, 15) is 23.7 Å². The van der Waals surface area contributed by atoms with Gasteiger partial charge in [-0.25, -0.2) is 9.36 Å². The van der Waals surface area contributed by atoms with Crippen molar-refractivity contribution in [2.24, 2.45) is 5.41 Å². The fraction of sp³-hybridized carbons (Fsp3) is 0.750. The van der Waals surface area contributed by atoms with Crippen LogP contribution in [0.3, 0.4) is 0 Å². The first-order chi connectivity index (χ1) is 13.5. The first-order valence-corrected chi connectivity index (χ1v) is 11.4. The molecule has 0 aliphatic carbocycles. The Morgan fingerprint density at radius 3 is 2.52 bits per heavy atom. The minimum Gasteiger partial charge on any atom is -0.460 e. The standard InChI is InChI=1S/C16H27N2O9PS/c1-5-25-14(21)15(22)29-9-8-17-11(19)6-7-18-13(20)12-16(2,3)10-26-28(23,24-4)27-12/h12H,5-10H2,1-4H3,(H,17,19)(H,18,20)/t12-,28?/m0/s1. The lowest BCUT2D eigenvalue weighted by Crippen LogP contribution is -2.50. The second-order valence-corrected chi connectivity index (χ2v) is 9.42. The average molecular weight is 454 g/mol. The van der Waals surface area contributed by atoms with Crippen LogP contribution in [0.4, 0.5) is 0 Å². The summed E-state index contributed by atoms with van der Waals surface area (Å²) in [7, 11) is -2.61. The normalized spacial score (nSPS) is 23.1. The number of carbonyl (C=O) groups is 4. The largest absolute Gasteiger partial charge is 0.475 e. The molecule has 1 rings (SSSR count). The molecule has 1 saturated heterocycles. The fourth-order valence-electron chi connectivity index (χ4n) is 2.19. The van der Waals surface area contributed by atoms with Crippen LogP contribution in [-0.4, -0.2) is 68.2 Å². The predicted molar refractivity (Wildman–Crippen MR) is 104 cm³/mol. The molecule has 13 heteroatoms. The zero-order valence-corrected chi connectivity index (χ0v) is 18.6. The third-order valence-electron chi connectivity index (χ3n) is 3.75. The third kappa shape index (κ3) is 8.43. The average Bonchev–Trinajstić information content (AvgIpc) is 2.67. The maximum Gasteiger partial charge on any atom is 0.475 e. The van der Waals surface area contributed by atoms with Gasteiger partial charge in [0.15, 0.2) is 6.10 Å². The van der Waals surface area contributed by atoms with Crippen LogP contribution in [0.2, 0.25) is 0 Å². The number of ether oxygens (including phenoxy) is 1. The number of hydrogen-bond acceptors (Lipinski definition) is 10. The van der Waals surface area contributed by atoms with E-state index in [1.807, 2.05) is 0 Å². The third-order valence-corrected chi connectivity index (χ3v) is 5.95. The molecule has 0 bridgehead atoms. The van der Waals surface area contributed by atoms with Gasteiger partial charge >= 0.3 is 13.8 Å². The van der Waals surface area contributed by atoms with Crippen molar-refractivity contribution >= 4 is 42.5 Å². The Morgan fingerprint density at radius 2 is 1.90 bits per heavy atom. The second-order valence-electron chi connectivity index (χ2n) is 6.62. The van der Waals surface area contributed by atoms with E-state index in [0.29, 0.717) is 0 Å². The van der Waals surface area contributed by atoms with Gasteiger partial charge in [-0.15, -0.1) is 0 Å². The van der Waals surface area contributed by atoms with Crippen molar-refractivity contribution in [3.8, 4) is 0 Å². The smallest absolute Gasteiger partial charge is 0.460 e. The Hall–Kier alpha value is -1.46. The summed E-state index contributed by atoms with van der Waals surface area (Å²) >= 11 is 0.751. The monoisotopic (exact) mass is 454 g/mol. The minimum absolute atomic E-state index is 0.00613. The van der Waals surface area contributed by atoms with Crippen molar-refractivity contribution in [3.63, 3.8) is 0 Å².